The molecule has 1 fully saturated rings. The molecule has 1 N–H and O–H groups in total. The average molecular weight is 374 g/mol. The normalized spacial score (nSPS) is 14.3. The van der Waals surface area contributed by atoms with E-state index in [-0.39, 0.29) is 6.03 Å². The van der Waals surface area contributed by atoms with E-state index in [1.165, 1.54) is 5.56 Å². The molecule has 0 spiro atoms. The molecular formula is C20H24ClN3O2. The van der Waals surface area contributed by atoms with Gasteiger partial charge in [0.15, 0.2) is 0 Å². The first kappa shape index (κ1) is 18.4. The Morgan fingerprint density at radius 2 is 1.73 bits per heavy atom. The van der Waals surface area contributed by atoms with Gasteiger partial charge >= 0.3 is 6.03 Å². The highest BCUT2D eigenvalue weighted by Gasteiger charge is 2.23. The molecule has 0 radical (unpaired) electrons. The molecule has 0 atom stereocenters. The Balaban J connectivity index is 1.63. The summed E-state index contributed by atoms with van der Waals surface area (Å²) in [6.45, 7) is 6.82. The predicted octanol–water partition coefficient (Wildman–Crippen LogP) is 4.32. The van der Waals surface area contributed by atoms with Gasteiger partial charge in [0, 0.05) is 43.0 Å². The van der Waals surface area contributed by atoms with Crippen molar-refractivity contribution >= 4 is 29.0 Å². The van der Waals surface area contributed by atoms with E-state index in [1.807, 2.05) is 55.1 Å². The molecule has 1 heterocycles. The number of piperazine rings is 1. The molecule has 1 saturated heterocycles. The highest BCUT2D eigenvalue weighted by Crippen LogP contribution is 2.34. The Bertz CT molecular complexity index is 784. The summed E-state index contributed by atoms with van der Waals surface area (Å²) in [6, 6.07) is 11.7. The van der Waals surface area contributed by atoms with Crippen molar-refractivity contribution in [1.82, 2.24) is 4.90 Å². The lowest BCUT2D eigenvalue weighted by Gasteiger charge is -2.36. The van der Waals surface area contributed by atoms with Crippen LogP contribution >= 0.6 is 11.6 Å². The summed E-state index contributed by atoms with van der Waals surface area (Å²) in [6.07, 6.45) is 0. The van der Waals surface area contributed by atoms with Gasteiger partial charge in [-0.1, -0.05) is 29.3 Å². The number of carbonyl (C=O) groups is 1. The maximum atomic E-state index is 12.5. The van der Waals surface area contributed by atoms with Crippen LogP contribution < -0.4 is 15.0 Å². The lowest BCUT2D eigenvalue weighted by Crippen LogP contribution is -2.50. The van der Waals surface area contributed by atoms with Crippen molar-refractivity contribution in [2.75, 3.05) is 43.5 Å². The van der Waals surface area contributed by atoms with Gasteiger partial charge in [-0.15, -0.1) is 0 Å². The van der Waals surface area contributed by atoms with E-state index in [2.05, 4.69) is 10.2 Å². The molecule has 0 saturated carbocycles. The van der Waals surface area contributed by atoms with Crippen molar-refractivity contribution in [3.05, 3.63) is 52.5 Å². The van der Waals surface area contributed by atoms with E-state index in [0.29, 0.717) is 18.1 Å². The molecule has 6 heteroatoms. The molecule has 2 aromatic rings. The fourth-order valence-corrected chi connectivity index (χ4v) is 3.20. The number of halogens is 1. The predicted molar refractivity (Wildman–Crippen MR) is 107 cm³/mol. The Labute approximate surface area is 159 Å². The van der Waals surface area contributed by atoms with Crippen molar-refractivity contribution in [3.63, 3.8) is 0 Å². The number of nitrogens with one attached hydrogen (secondary N) is 1. The van der Waals surface area contributed by atoms with Crippen LogP contribution in [0.1, 0.15) is 11.1 Å². The zero-order valence-corrected chi connectivity index (χ0v) is 16.1. The van der Waals surface area contributed by atoms with Gasteiger partial charge in [-0.25, -0.2) is 4.79 Å². The number of hydrogen-bond donors (Lipinski definition) is 1. The maximum Gasteiger partial charge on any atom is 0.321 e. The van der Waals surface area contributed by atoms with Crippen molar-refractivity contribution < 1.29 is 9.53 Å². The second-order valence-electron chi connectivity index (χ2n) is 6.54. The molecule has 138 valence electrons. The number of ether oxygens (including phenoxy) is 1. The third-order valence-corrected chi connectivity index (χ3v) is 5.08. The first-order valence-corrected chi connectivity index (χ1v) is 9.07. The SMILES string of the molecule is COc1cc(Cl)c(C)cc1N1CCN(C(=O)Nc2ccc(C)cc2)CC1. The molecule has 2 amide bonds. The van der Waals surface area contributed by atoms with Crippen LogP contribution in [0.15, 0.2) is 36.4 Å². The van der Waals surface area contributed by atoms with E-state index in [1.54, 1.807) is 7.11 Å². The lowest BCUT2D eigenvalue weighted by atomic mass is 10.1. The minimum Gasteiger partial charge on any atom is -0.495 e. The number of benzene rings is 2. The molecule has 2 aromatic carbocycles. The molecule has 0 aliphatic carbocycles. The summed E-state index contributed by atoms with van der Waals surface area (Å²) in [7, 11) is 1.65. The topological polar surface area (TPSA) is 44.8 Å². The van der Waals surface area contributed by atoms with Crippen molar-refractivity contribution in [2.45, 2.75) is 13.8 Å². The van der Waals surface area contributed by atoms with Crippen molar-refractivity contribution in [3.8, 4) is 5.75 Å². The van der Waals surface area contributed by atoms with Crippen molar-refractivity contribution in [1.29, 1.82) is 0 Å². The summed E-state index contributed by atoms with van der Waals surface area (Å²) >= 11 is 6.20. The summed E-state index contributed by atoms with van der Waals surface area (Å²) < 4.78 is 5.48. The quantitative estimate of drug-likeness (QED) is 0.871. The zero-order valence-electron chi connectivity index (χ0n) is 15.4. The number of carbonyl (C=O) groups excluding carboxylic acids is 1. The number of anilines is 2. The third-order valence-electron chi connectivity index (χ3n) is 4.67. The molecule has 1 aliphatic rings. The van der Waals surface area contributed by atoms with Gasteiger partial charge in [0.05, 0.1) is 12.8 Å². The molecule has 1 aliphatic heterocycles. The Morgan fingerprint density at radius 1 is 1.08 bits per heavy atom. The summed E-state index contributed by atoms with van der Waals surface area (Å²) in [5, 5.41) is 3.65. The van der Waals surface area contributed by atoms with E-state index >= 15 is 0 Å². The summed E-state index contributed by atoms with van der Waals surface area (Å²) in [4.78, 5) is 16.5. The average Bonchev–Trinajstić information content (AvgIpc) is 2.65. The zero-order chi connectivity index (χ0) is 18.7. The van der Waals surface area contributed by atoms with Crippen LogP contribution in [-0.2, 0) is 0 Å². The van der Waals surface area contributed by atoms with Crippen LogP contribution in [-0.4, -0.2) is 44.2 Å². The van der Waals surface area contributed by atoms with Gasteiger partial charge in [0.1, 0.15) is 5.75 Å². The fourth-order valence-electron chi connectivity index (χ4n) is 3.05. The van der Waals surface area contributed by atoms with Crippen LogP contribution in [0.25, 0.3) is 0 Å². The minimum atomic E-state index is -0.0623. The van der Waals surface area contributed by atoms with Crippen molar-refractivity contribution in [2.24, 2.45) is 0 Å². The number of rotatable bonds is 3. The standard InChI is InChI=1S/C20H24ClN3O2/c1-14-4-6-16(7-5-14)22-20(25)24-10-8-23(9-11-24)18-12-15(2)17(21)13-19(18)26-3/h4-7,12-13H,8-11H2,1-3H3,(H,22,25). The second-order valence-corrected chi connectivity index (χ2v) is 6.95. The van der Waals surface area contributed by atoms with Gasteiger partial charge in [-0.05, 0) is 37.6 Å². The number of aryl methyl sites for hydroxylation is 2. The van der Waals surface area contributed by atoms with E-state index in [9.17, 15) is 4.79 Å². The smallest absolute Gasteiger partial charge is 0.321 e. The van der Waals surface area contributed by atoms with Crippen LogP contribution in [0.2, 0.25) is 5.02 Å². The van der Waals surface area contributed by atoms with Gasteiger partial charge < -0.3 is 19.9 Å². The minimum absolute atomic E-state index is 0.0623. The number of methoxy groups -OCH3 is 1. The molecule has 3 rings (SSSR count). The monoisotopic (exact) mass is 373 g/mol. The Morgan fingerprint density at radius 3 is 2.35 bits per heavy atom. The number of amides is 2. The van der Waals surface area contributed by atoms with E-state index in [0.717, 1.165) is 35.8 Å². The van der Waals surface area contributed by atoms with E-state index in [4.69, 9.17) is 16.3 Å². The third kappa shape index (κ3) is 4.05. The first-order valence-electron chi connectivity index (χ1n) is 8.69. The Kier molecular flexibility index (Phi) is 5.57. The van der Waals surface area contributed by atoms with Crippen LogP contribution in [0.5, 0.6) is 5.75 Å². The highest BCUT2D eigenvalue weighted by atomic mass is 35.5. The maximum absolute atomic E-state index is 12.5. The van der Waals surface area contributed by atoms with Gasteiger partial charge in [0.25, 0.3) is 0 Å². The molecular weight excluding hydrogens is 350 g/mol. The van der Waals surface area contributed by atoms with Gasteiger partial charge in [-0.3, -0.25) is 0 Å². The molecule has 5 nitrogen and oxygen atoms in total. The highest BCUT2D eigenvalue weighted by molar-refractivity contribution is 6.31. The van der Waals surface area contributed by atoms with Crippen LogP contribution in [0, 0.1) is 13.8 Å². The Hall–Kier alpha value is -2.40. The first-order chi connectivity index (χ1) is 12.5. The van der Waals surface area contributed by atoms with Gasteiger partial charge in [0.2, 0.25) is 0 Å². The molecule has 0 bridgehead atoms. The van der Waals surface area contributed by atoms with E-state index < -0.39 is 0 Å². The van der Waals surface area contributed by atoms with Gasteiger partial charge in [-0.2, -0.15) is 0 Å². The van der Waals surface area contributed by atoms with Crippen LogP contribution in [0.4, 0.5) is 16.2 Å². The second kappa shape index (κ2) is 7.87. The number of urea groups is 1. The lowest BCUT2D eigenvalue weighted by molar-refractivity contribution is 0.208. The molecule has 0 aromatic heterocycles. The molecule has 26 heavy (non-hydrogen) atoms. The largest absolute Gasteiger partial charge is 0.495 e. The fraction of sp³-hybridized carbons (Fsp3) is 0.350. The van der Waals surface area contributed by atoms with Crippen LogP contribution in [0.3, 0.4) is 0 Å². The number of nitrogens with zero attached hydrogens (tertiary/aromatic N) is 2. The number of hydrogen-bond acceptors (Lipinski definition) is 3. The summed E-state index contributed by atoms with van der Waals surface area (Å²) in [5.74, 6) is 0.762. The summed E-state index contributed by atoms with van der Waals surface area (Å²) in [5.41, 5.74) is 4.02. The molecule has 0 unspecified atom stereocenters.